The molecular formula is C20H43NO2. The van der Waals surface area contributed by atoms with Gasteiger partial charge < -0.3 is 14.4 Å². The van der Waals surface area contributed by atoms with Gasteiger partial charge in [0, 0.05) is 5.97 Å². The van der Waals surface area contributed by atoms with Crippen molar-refractivity contribution in [2.75, 3.05) is 26.7 Å². The van der Waals surface area contributed by atoms with Crippen molar-refractivity contribution in [3.8, 4) is 0 Å². The fraction of sp³-hybridized carbons (Fsp3) is 0.950. The maximum Gasteiger partial charge on any atom is 0.0781 e. The summed E-state index contributed by atoms with van der Waals surface area (Å²) in [6, 6.07) is 0. The highest BCUT2D eigenvalue weighted by Gasteiger charge is 2.16. The van der Waals surface area contributed by atoms with Crippen LogP contribution in [0.5, 0.6) is 0 Å². The van der Waals surface area contributed by atoms with Gasteiger partial charge in [-0.2, -0.15) is 0 Å². The Bertz CT molecular complexity index is 265. The molecule has 0 fully saturated rings. The van der Waals surface area contributed by atoms with Crippen molar-refractivity contribution in [2.45, 2.75) is 92.9 Å². The number of hydrogen-bond acceptors (Lipinski definition) is 2. The molecule has 0 atom stereocenters. The first-order valence-electron chi connectivity index (χ1n) is 9.63. The summed E-state index contributed by atoms with van der Waals surface area (Å²) in [6.45, 7) is 17.5. The van der Waals surface area contributed by atoms with Gasteiger partial charge in [-0.3, -0.25) is 0 Å². The molecule has 0 saturated heterocycles. The number of nitrogens with zero attached hydrogens (tertiary/aromatic N) is 1. The van der Waals surface area contributed by atoms with Crippen LogP contribution >= 0.6 is 0 Å². The average molecular weight is 330 g/mol. The van der Waals surface area contributed by atoms with Crippen LogP contribution in [0.2, 0.25) is 0 Å². The van der Waals surface area contributed by atoms with Crippen molar-refractivity contribution in [3.63, 3.8) is 0 Å². The normalized spacial score (nSPS) is 11.8. The number of hydrogen-bond donors (Lipinski definition) is 0. The van der Waals surface area contributed by atoms with Crippen molar-refractivity contribution in [1.29, 1.82) is 0 Å². The second-order valence-electron chi connectivity index (χ2n) is 8.28. The van der Waals surface area contributed by atoms with E-state index in [4.69, 9.17) is 0 Å². The average Bonchev–Trinajstić information content (AvgIpc) is 2.38. The third-order valence-corrected chi connectivity index (χ3v) is 4.10. The van der Waals surface area contributed by atoms with Gasteiger partial charge in [0.15, 0.2) is 0 Å². The Hall–Kier alpha value is -0.570. The maximum absolute atomic E-state index is 10.0. The molecule has 0 aliphatic rings. The smallest absolute Gasteiger partial charge is 0.0781 e. The second kappa shape index (κ2) is 13.8. The van der Waals surface area contributed by atoms with Gasteiger partial charge in [0.25, 0.3) is 0 Å². The predicted octanol–water partition coefficient (Wildman–Crippen LogP) is 4.40. The molecule has 0 aromatic heterocycles. The van der Waals surface area contributed by atoms with Crippen LogP contribution < -0.4 is 5.11 Å². The van der Waals surface area contributed by atoms with Gasteiger partial charge in [-0.1, -0.05) is 54.4 Å². The summed E-state index contributed by atoms with van der Waals surface area (Å²) in [5, 5.41) is 10.0. The number of quaternary nitrogens is 1. The van der Waals surface area contributed by atoms with Crippen molar-refractivity contribution < 1.29 is 14.4 Å². The largest absolute Gasteiger partial charge is 0.550 e. The standard InChI is InChI=1S/C10H24N.C10H20O2/c1-5-8-11(4,9-6-2)10-7-3;1-10(2,3)8-6-4-5-7-9(11)12/h5-10H2,1-4H3;4-8H2,1-3H3,(H,11,12)/q+1;/p-1. The Morgan fingerprint density at radius 2 is 1.30 bits per heavy atom. The molecule has 0 amide bonds. The molecule has 23 heavy (non-hydrogen) atoms. The van der Waals surface area contributed by atoms with E-state index in [0.29, 0.717) is 5.41 Å². The first-order chi connectivity index (χ1) is 10.6. The third-order valence-electron chi connectivity index (χ3n) is 4.10. The molecule has 0 aliphatic carbocycles. The van der Waals surface area contributed by atoms with Crippen LogP contribution in [0, 0.1) is 5.41 Å². The van der Waals surface area contributed by atoms with E-state index < -0.39 is 5.97 Å². The monoisotopic (exact) mass is 329 g/mol. The topological polar surface area (TPSA) is 40.1 Å². The van der Waals surface area contributed by atoms with E-state index in [0.717, 1.165) is 19.3 Å². The summed E-state index contributed by atoms with van der Waals surface area (Å²) in [7, 11) is 2.39. The molecule has 0 radical (unpaired) electrons. The lowest BCUT2D eigenvalue weighted by atomic mass is 9.89. The quantitative estimate of drug-likeness (QED) is 0.416. The minimum absolute atomic E-state index is 0.212. The summed E-state index contributed by atoms with van der Waals surface area (Å²) in [4.78, 5) is 10.0. The van der Waals surface area contributed by atoms with Crippen molar-refractivity contribution in [3.05, 3.63) is 0 Å². The molecule has 140 valence electrons. The van der Waals surface area contributed by atoms with Crippen molar-refractivity contribution in [2.24, 2.45) is 5.41 Å². The summed E-state index contributed by atoms with van der Waals surface area (Å²) >= 11 is 0. The van der Waals surface area contributed by atoms with Crippen LogP contribution in [0.1, 0.15) is 92.9 Å². The van der Waals surface area contributed by atoms with Crippen molar-refractivity contribution >= 4 is 5.97 Å². The second-order valence-corrected chi connectivity index (χ2v) is 8.28. The number of aliphatic carboxylic acids is 1. The Morgan fingerprint density at radius 3 is 1.61 bits per heavy atom. The molecule has 0 aliphatic heterocycles. The van der Waals surface area contributed by atoms with Crippen LogP contribution in [-0.2, 0) is 4.79 Å². The van der Waals surface area contributed by atoms with Gasteiger partial charge >= 0.3 is 0 Å². The van der Waals surface area contributed by atoms with Gasteiger partial charge in [0.2, 0.25) is 0 Å². The number of rotatable bonds is 11. The maximum atomic E-state index is 10.0. The molecule has 0 bridgehead atoms. The van der Waals surface area contributed by atoms with E-state index >= 15 is 0 Å². The van der Waals surface area contributed by atoms with Gasteiger partial charge in [-0.15, -0.1) is 0 Å². The molecule has 3 heteroatoms. The predicted molar refractivity (Wildman–Crippen MR) is 99.2 cm³/mol. The number of unbranched alkanes of at least 4 members (excludes halogenated alkanes) is 2. The molecule has 0 heterocycles. The molecular weight excluding hydrogens is 286 g/mol. The third kappa shape index (κ3) is 19.4. The highest BCUT2D eigenvalue weighted by molar-refractivity contribution is 5.63. The molecule has 0 rings (SSSR count). The lowest BCUT2D eigenvalue weighted by Gasteiger charge is -2.33. The Kier molecular flexibility index (Phi) is 14.8. The van der Waals surface area contributed by atoms with Gasteiger partial charge in [-0.05, 0) is 43.9 Å². The Balaban J connectivity index is 0. The van der Waals surface area contributed by atoms with Gasteiger partial charge in [-0.25, -0.2) is 0 Å². The van der Waals surface area contributed by atoms with Crippen LogP contribution in [0.4, 0.5) is 0 Å². The van der Waals surface area contributed by atoms with Gasteiger partial charge in [0.05, 0.1) is 26.7 Å². The summed E-state index contributed by atoms with van der Waals surface area (Å²) in [5.74, 6) is -0.925. The van der Waals surface area contributed by atoms with Crippen molar-refractivity contribution in [1.82, 2.24) is 0 Å². The molecule has 3 nitrogen and oxygen atoms in total. The fourth-order valence-corrected chi connectivity index (χ4v) is 3.06. The highest BCUT2D eigenvalue weighted by atomic mass is 16.4. The summed E-state index contributed by atoms with van der Waals surface area (Å²) in [6.07, 6.45) is 8.22. The SMILES string of the molecule is CC(C)(C)CCCCCC(=O)[O-].CCC[N+](C)(CCC)CCC. The van der Waals surface area contributed by atoms with E-state index in [1.165, 1.54) is 49.8 Å². The first kappa shape index (κ1) is 24.7. The molecule has 0 aromatic rings. The first-order valence-corrected chi connectivity index (χ1v) is 9.63. The lowest BCUT2D eigenvalue weighted by molar-refractivity contribution is -0.909. The zero-order chi connectivity index (χ0) is 18.4. The zero-order valence-corrected chi connectivity index (χ0v) is 17.0. The number of carbonyl (C=O) groups excluding carboxylic acids is 1. The van der Waals surface area contributed by atoms with E-state index in [-0.39, 0.29) is 6.42 Å². The van der Waals surface area contributed by atoms with E-state index in [1.807, 2.05) is 0 Å². The molecule has 0 N–H and O–H groups in total. The zero-order valence-electron chi connectivity index (χ0n) is 17.0. The summed E-state index contributed by atoms with van der Waals surface area (Å²) in [5.41, 5.74) is 0.376. The Labute approximate surface area is 146 Å². The van der Waals surface area contributed by atoms with E-state index in [9.17, 15) is 9.90 Å². The van der Waals surface area contributed by atoms with Crippen LogP contribution in [0.25, 0.3) is 0 Å². The number of carbonyl (C=O) groups is 1. The highest BCUT2D eigenvalue weighted by Crippen LogP contribution is 2.22. The molecule has 0 aromatic carbocycles. The fourth-order valence-electron chi connectivity index (χ4n) is 3.06. The van der Waals surface area contributed by atoms with Crippen LogP contribution in [0.15, 0.2) is 0 Å². The number of carboxylic acids is 1. The molecule has 0 unspecified atom stereocenters. The Morgan fingerprint density at radius 1 is 0.870 bits per heavy atom. The minimum atomic E-state index is -0.925. The van der Waals surface area contributed by atoms with Gasteiger partial charge in [0.1, 0.15) is 0 Å². The van der Waals surface area contributed by atoms with E-state index in [2.05, 4.69) is 48.6 Å². The molecule has 0 spiro atoms. The molecule has 0 saturated carbocycles. The summed E-state index contributed by atoms with van der Waals surface area (Å²) < 4.78 is 1.28. The van der Waals surface area contributed by atoms with Crippen LogP contribution in [0.3, 0.4) is 0 Å². The number of carboxylic acid groups (broad SMARTS) is 1. The lowest BCUT2D eigenvalue weighted by Crippen LogP contribution is -2.45. The van der Waals surface area contributed by atoms with E-state index in [1.54, 1.807) is 0 Å². The minimum Gasteiger partial charge on any atom is -0.550 e. The van der Waals surface area contributed by atoms with Crippen LogP contribution in [-0.4, -0.2) is 37.1 Å².